The molecule has 1 amide bonds. The summed E-state index contributed by atoms with van der Waals surface area (Å²) in [5.41, 5.74) is 1.69. The topological polar surface area (TPSA) is 53.4 Å². The molecule has 0 saturated heterocycles. The van der Waals surface area contributed by atoms with Crippen molar-refractivity contribution < 1.29 is 9.90 Å². The smallest absolute Gasteiger partial charge is 0.254 e. The number of aromatic nitrogens is 1. The minimum Gasteiger partial charge on any atom is -0.394 e. The van der Waals surface area contributed by atoms with E-state index in [-0.39, 0.29) is 18.6 Å². The van der Waals surface area contributed by atoms with Gasteiger partial charge in [0, 0.05) is 24.5 Å². The first kappa shape index (κ1) is 14.7. The molecule has 114 valence electrons. The number of carbonyl (C=O) groups excluding carboxylic acids is 1. The molecule has 1 aliphatic rings. The molecule has 0 spiro atoms. The van der Waals surface area contributed by atoms with Crippen LogP contribution in [0.5, 0.6) is 0 Å². The van der Waals surface area contributed by atoms with E-state index in [1.165, 1.54) is 0 Å². The van der Waals surface area contributed by atoms with E-state index in [4.69, 9.17) is 0 Å². The van der Waals surface area contributed by atoms with Crippen LogP contribution in [0.15, 0.2) is 54.9 Å². The molecular formula is C18H20N2O2. The van der Waals surface area contributed by atoms with Crippen molar-refractivity contribution in [1.82, 2.24) is 9.88 Å². The third-order valence-corrected chi connectivity index (χ3v) is 4.14. The van der Waals surface area contributed by atoms with Gasteiger partial charge in [0.2, 0.25) is 0 Å². The molecule has 3 rings (SSSR count). The van der Waals surface area contributed by atoms with E-state index in [0.717, 1.165) is 18.4 Å². The molecule has 22 heavy (non-hydrogen) atoms. The average Bonchev–Trinajstić information content (AvgIpc) is 3.41. The Kier molecular flexibility index (Phi) is 4.49. The van der Waals surface area contributed by atoms with Gasteiger partial charge in [-0.05, 0) is 36.5 Å². The van der Waals surface area contributed by atoms with Crippen LogP contribution in [0.4, 0.5) is 0 Å². The van der Waals surface area contributed by atoms with Crippen LogP contribution in [0.3, 0.4) is 0 Å². The summed E-state index contributed by atoms with van der Waals surface area (Å²) in [6, 6.07) is 13.3. The molecule has 4 heteroatoms. The monoisotopic (exact) mass is 296 g/mol. The third-order valence-electron chi connectivity index (χ3n) is 4.14. The highest BCUT2D eigenvalue weighted by Crippen LogP contribution is 2.36. The molecule has 2 aromatic rings. The van der Waals surface area contributed by atoms with Crippen molar-refractivity contribution in [3.05, 3.63) is 66.0 Å². The third kappa shape index (κ3) is 3.34. The average molecular weight is 296 g/mol. The van der Waals surface area contributed by atoms with Gasteiger partial charge in [-0.25, -0.2) is 0 Å². The van der Waals surface area contributed by atoms with E-state index in [9.17, 15) is 9.90 Å². The Hall–Kier alpha value is -2.20. The summed E-state index contributed by atoms with van der Waals surface area (Å²) in [6.45, 7) is 0.526. The maximum atomic E-state index is 12.9. The number of hydrogen-bond acceptors (Lipinski definition) is 3. The summed E-state index contributed by atoms with van der Waals surface area (Å²) in [6.07, 6.45) is 5.41. The molecule has 1 saturated carbocycles. The van der Waals surface area contributed by atoms with Crippen molar-refractivity contribution in [2.75, 3.05) is 6.61 Å². The van der Waals surface area contributed by atoms with E-state index in [1.54, 1.807) is 24.5 Å². The van der Waals surface area contributed by atoms with E-state index in [1.807, 2.05) is 35.2 Å². The van der Waals surface area contributed by atoms with Crippen molar-refractivity contribution in [3.63, 3.8) is 0 Å². The fourth-order valence-corrected chi connectivity index (χ4v) is 2.76. The summed E-state index contributed by atoms with van der Waals surface area (Å²) in [7, 11) is 0. The summed E-state index contributed by atoms with van der Waals surface area (Å²) >= 11 is 0. The Labute approximate surface area is 130 Å². The first-order valence-electron chi connectivity index (χ1n) is 7.65. The molecule has 1 aromatic carbocycles. The van der Waals surface area contributed by atoms with Crippen LogP contribution in [0, 0.1) is 5.92 Å². The van der Waals surface area contributed by atoms with Crippen LogP contribution < -0.4 is 0 Å². The first-order valence-corrected chi connectivity index (χ1v) is 7.65. The molecular weight excluding hydrogens is 276 g/mol. The molecule has 1 fully saturated rings. The number of amides is 1. The second-order valence-electron chi connectivity index (χ2n) is 5.74. The lowest BCUT2D eigenvalue weighted by atomic mass is 10.1. The molecule has 4 nitrogen and oxygen atoms in total. The standard InChI is InChI=1S/C18H20N2O2/c21-13-17(15-6-7-15)20(12-14-4-2-1-3-5-14)18(22)16-8-10-19-11-9-16/h1-5,8-11,15,17,21H,6-7,12-13H2. The van der Waals surface area contributed by atoms with Crippen molar-refractivity contribution in [1.29, 1.82) is 0 Å². The first-order chi connectivity index (χ1) is 10.8. The molecule has 0 aliphatic heterocycles. The van der Waals surface area contributed by atoms with Gasteiger partial charge in [0.15, 0.2) is 0 Å². The van der Waals surface area contributed by atoms with Gasteiger partial charge in [-0.2, -0.15) is 0 Å². The van der Waals surface area contributed by atoms with Gasteiger partial charge in [-0.3, -0.25) is 9.78 Å². The quantitative estimate of drug-likeness (QED) is 0.891. The van der Waals surface area contributed by atoms with E-state index in [2.05, 4.69) is 4.98 Å². The van der Waals surface area contributed by atoms with Gasteiger partial charge in [-0.15, -0.1) is 0 Å². The molecule has 1 unspecified atom stereocenters. The number of nitrogens with zero attached hydrogens (tertiary/aromatic N) is 2. The highest BCUT2D eigenvalue weighted by Gasteiger charge is 2.37. The van der Waals surface area contributed by atoms with Crippen LogP contribution >= 0.6 is 0 Å². The van der Waals surface area contributed by atoms with Gasteiger partial charge in [0.1, 0.15) is 0 Å². The maximum Gasteiger partial charge on any atom is 0.254 e. The van der Waals surface area contributed by atoms with E-state index in [0.29, 0.717) is 18.0 Å². The number of rotatable bonds is 6. The summed E-state index contributed by atoms with van der Waals surface area (Å²) in [5, 5.41) is 9.77. The minimum atomic E-state index is -0.110. The van der Waals surface area contributed by atoms with Crippen LogP contribution in [-0.2, 0) is 6.54 Å². The lowest BCUT2D eigenvalue weighted by molar-refractivity contribution is 0.0531. The van der Waals surface area contributed by atoms with E-state index >= 15 is 0 Å². The van der Waals surface area contributed by atoms with Gasteiger partial charge in [0.05, 0.1) is 12.6 Å². The number of aliphatic hydroxyl groups excluding tert-OH is 1. The maximum absolute atomic E-state index is 12.9. The normalized spacial score (nSPS) is 15.3. The van der Waals surface area contributed by atoms with Crippen molar-refractivity contribution in [2.45, 2.75) is 25.4 Å². The van der Waals surface area contributed by atoms with Crippen LogP contribution in [0.1, 0.15) is 28.8 Å². The van der Waals surface area contributed by atoms with Gasteiger partial charge >= 0.3 is 0 Å². The lowest BCUT2D eigenvalue weighted by Gasteiger charge is -2.31. The summed E-state index contributed by atoms with van der Waals surface area (Å²) < 4.78 is 0. The number of carbonyl (C=O) groups is 1. The Morgan fingerprint density at radius 3 is 2.45 bits per heavy atom. The van der Waals surface area contributed by atoms with Crippen LogP contribution in [0.2, 0.25) is 0 Å². The zero-order chi connectivity index (χ0) is 15.4. The molecule has 1 aliphatic carbocycles. The number of hydrogen-bond donors (Lipinski definition) is 1. The lowest BCUT2D eigenvalue weighted by Crippen LogP contribution is -2.43. The summed E-state index contributed by atoms with van der Waals surface area (Å²) in [5.74, 6) is 0.372. The highest BCUT2D eigenvalue weighted by molar-refractivity contribution is 5.94. The predicted molar refractivity (Wildman–Crippen MR) is 84.2 cm³/mol. The zero-order valence-corrected chi connectivity index (χ0v) is 12.4. The molecule has 0 bridgehead atoms. The Bertz CT molecular complexity index is 611. The van der Waals surface area contributed by atoms with Crippen LogP contribution in [-0.4, -0.2) is 33.5 Å². The van der Waals surface area contributed by atoms with Gasteiger partial charge in [0.25, 0.3) is 5.91 Å². The highest BCUT2D eigenvalue weighted by atomic mass is 16.3. The Morgan fingerprint density at radius 1 is 1.18 bits per heavy atom. The second-order valence-corrected chi connectivity index (χ2v) is 5.74. The number of benzene rings is 1. The van der Waals surface area contributed by atoms with Crippen molar-refractivity contribution in [2.24, 2.45) is 5.92 Å². The zero-order valence-electron chi connectivity index (χ0n) is 12.4. The number of pyridine rings is 1. The van der Waals surface area contributed by atoms with Gasteiger partial charge < -0.3 is 10.0 Å². The number of aliphatic hydroxyl groups is 1. The predicted octanol–water partition coefficient (Wildman–Crippen LogP) is 2.49. The molecule has 1 heterocycles. The van der Waals surface area contributed by atoms with Crippen molar-refractivity contribution in [3.8, 4) is 0 Å². The summed E-state index contributed by atoms with van der Waals surface area (Å²) in [4.78, 5) is 18.6. The van der Waals surface area contributed by atoms with Gasteiger partial charge in [-0.1, -0.05) is 30.3 Å². The Balaban J connectivity index is 1.86. The minimum absolute atomic E-state index is 0.00826. The largest absolute Gasteiger partial charge is 0.394 e. The molecule has 1 N–H and O–H groups in total. The molecule has 1 aromatic heterocycles. The van der Waals surface area contributed by atoms with Crippen LogP contribution in [0.25, 0.3) is 0 Å². The fraction of sp³-hybridized carbons (Fsp3) is 0.333. The molecule has 1 atom stereocenters. The second kappa shape index (κ2) is 6.71. The SMILES string of the molecule is O=C(c1ccncc1)N(Cc1ccccc1)C(CO)C1CC1. The fourth-order valence-electron chi connectivity index (χ4n) is 2.76. The Morgan fingerprint density at radius 2 is 1.86 bits per heavy atom. The van der Waals surface area contributed by atoms with Crippen molar-refractivity contribution >= 4 is 5.91 Å². The van der Waals surface area contributed by atoms with E-state index < -0.39 is 0 Å². The molecule has 0 radical (unpaired) electrons.